The van der Waals surface area contributed by atoms with E-state index >= 15 is 0 Å². The fourth-order valence-corrected chi connectivity index (χ4v) is 1.57. The zero-order valence-electron chi connectivity index (χ0n) is 12.7. The molecule has 0 fully saturated rings. The molecule has 19 heavy (non-hydrogen) atoms. The normalized spacial score (nSPS) is 13.6. The van der Waals surface area contributed by atoms with Gasteiger partial charge >= 0.3 is 0 Å². The highest BCUT2D eigenvalue weighted by atomic mass is 19.1. The first-order chi connectivity index (χ1) is 8.81. The Balaban J connectivity index is 2.66. The highest BCUT2D eigenvalue weighted by Crippen LogP contribution is 2.14. The van der Waals surface area contributed by atoms with Gasteiger partial charge in [0.15, 0.2) is 0 Å². The molecule has 0 aliphatic rings. The first-order valence-corrected chi connectivity index (χ1v) is 6.95. The molecular weight excluding hydrogens is 241 g/mol. The lowest BCUT2D eigenvalue weighted by atomic mass is 10.1. The molecule has 1 N–H and O–H groups in total. The molecule has 0 radical (unpaired) electrons. The van der Waals surface area contributed by atoms with Crippen LogP contribution in [0.2, 0.25) is 0 Å². The molecule has 3 heteroatoms. The predicted octanol–water partition coefficient (Wildman–Crippen LogP) is 4.03. The van der Waals surface area contributed by atoms with Crippen molar-refractivity contribution in [3.63, 3.8) is 0 Å². The molecule has 0 bridgehead atoms. The summed E-state index contributed by atoms with van der Waals surface area (Å²) in [4.78, 5) is 0. The van der Waals surface area contributed by atoms with Crippen LogP contribution < -0.4 is 5.32 Å². The third kappa shape index (κ3) is 6.17. The van der Waals surface area contributed by atoms with Crippen molar-refractivity contribution in [2.45, 2.75) is 65.8 Å². The minimum absolute atomic E-state index is 0.0573. The summed E-state index contributed by atoms with van der Waals surface area (Å²) < 4.78 is 19.3. The van der Waals surface area contributed by atoms with Crippen molar-refractivity contribution >= 4 is 0 Å². The minimum atomic E-state index is -0.192. The van der Waals surface area contributed by atoms with Gasteiger partial charge < -0.3 is 10.1 Å². The van der Waals surface area contributed by atoms with E-state index in [-0.39, 0.29) is 17.5 Å². The molecule has 2 nitrogen and oxygen atoms in total. The van der Waals surface area contributed by atoms with E-state index in [9.17, 15) is 4.39 Å². The van der Waals surface area contributed by atoms with Crippen LogP contribution in [0.5, 0.6) is 0 Å². The Hall–Kier alpha value is -0.930. The zero-order valence-corrected chi connectivity index (χ0v) is 12.7. The van der Waals surface area contributed by atoms with Gasteiger partial charge in [-0.3, -0.25) is 0 Å². The van der Waals surface area contributed by atoms with Crippen LogP contribution in [0.25, 0.3) is 0 Å². The summed E-state index contributed by atoms with van der Waals surface area (Å²) in [6.45, 7) is 11.5. The number of halogens is 1. The lowest BCUT2D eigenvalue weighted by Gasteiger charge is -2.21. The molecule has 1 aromatic carbocycles. The monoisotopic (exact) mass is 267 g/mol. The highest BCUT2D eigenvalue weighted by Gasteiger charge is 2.10. The van der Waals surface area contributed by atoms with Crippen LogP contribution in [0.15, 0.2) is 18.2 Å². The number of rotatable bonds is 6. The zero-order chi connectivity index (χ0) is 14.5. The van der Waals surface area contributed by atoms with Crippen molar-refractivity contribution < 1.29 is 9.13 Å². The van der Waals surface area contributed by atoms with Gasteiger partial charge in [0.2, 0.25) is 0 Å². The second-order valence-corrected chi connectivity index (χ2v) is 6.06. The average Bonchev–Trinajstić information content (AvgIpc) is 2.34. The second kappa shape index (κ2) is 7.01. The van der Waals surface area contributed by atoms with Crippen molar-refractivity contribution in [3.8, 4) is 0 Å². The fourth-order valence-electron chi connectivity index (χ4n) is 1.57. The van der Waals surface area contributed by atoms with E-state index in [0.29, 0.717) is 12.2 Å². The van der Waals surface area contributed by atoms with Crippen molar-refractivity contribution in [1.29, 1.82) is 0 Å². The van der Waals surface area contributed by atoms with Gasteiger partial charge in [-0.05, 0) is 51.8 Å². The van der Waals surface area contributed by atoms with Crippen LogP contribution in [-0.2, 0) is 17.9 Å². The average molecular weight is 267 g/mol. The molecule has 1 aromatic rings. The molecule has 0 aliphatic heterocycles. The lowest BCUT2D eigenvalue weighted by Crippen LogP contribution is -2.35. The number of hydrogen-bond donors (Lipinski definition) is 1. The van der Waals surface area contributed by atoms with Gasteiger partial charge in [-0.25, -0.2) is 4.39 Å². The molecular formula is C16H26FNO. The van der Waals surface area contributed by atoms with E-state index in [1.54, 1.807) is 0 Å². The van der Waals surface area contributed by atoms with Crippen molar-refractivity contribution in [2.75, 3.05) is 0 Å². The third-order valence-corrected chi connectivity index (χ3v) is 3.03. The Kier molecular flexibility index (Phi) is 5.95. The maximum atomic E-state index is 13.7. The second-order valence-electron chi connectivity index (χ2n) is 6.06. The first kappa shape index (κ1) is 16.1. The van der Waals surface area contributed by atoms with E-state index in [0.717, 1.165) is 18.5 Å². The molecule has 0 aliphatic carbocycles. The Morgan fingerprint density at radius 1 is 1.32 bits per heavy atom. The smallest absolute Gasteiger partial charge is 0.128 e. The quantitative estimate of drug-likeness (QED) is 0.840. The predicted molar refractivity (Wildman–Crippen MR) is 77.5 cm³/mol. The van der Waals surface area contributed by atoms with Crippen LogP contribution in [0, 0.1) is 5.82 Å². The third-order valence-electron chi connectivity index (χ3n) is 3.03. The van der Waals surface area contributed by atoms with Crippen molar-refractivity contribution in [3.05, 3.63) is 35.1 Å². The SMILES string of the molecule is CCC(C)OCc1cc(CNC(C)(C)C)ccc1F. The van der Waals surface area contributed by atoms with E-state index < -0.39 is 0 Å². The fraction of sp³-hybridized carbons (Fsp3) is 0.625. The van der Waals surface area contributed by atoms with Gasteiger partial charge in [0.25, 0.3) is 0 Å². The summed E-state index contributed by atoms with van der Waals surface area (Å²) in [5, 5.41) is 3.40. The minimum Gasteiger partial charge on any atom is -0.374 e. The topological polar surface area (TPSA) is 21.3 Å². The van der Waals surface area contributed by atoms with Gasteiger partial charge in [-0.15, -0.1) is 0 Å². The maximum absolute atomic E-state index is 13.7. The molecule has 0 spiro atoms. The standard InChI is InChI=1S/C16H26FNO/c1-6-12(2)19-11-14-9-13(7-8-15(14)17)10-18-16(3,4)5/h7-9,12,18H,6,10-11H2,1-5H3. The Bertz CT molecular complexity index is 398. The molecule has 1 rings (SSSR count). The van der Waals surface area contributed by atoms with Crippen LogP contribution >= 0.6 is 0 Å². The molecule has 0 saturated carbocycles. The van der Waals surface area contributed by atoms with Crippen LogP contribution in [0.3, 0.4) is 0 Å². The van der Waals surface area contributed by atoms with E-state index in [4.69, 9.17) is 4.74 Å². The molecule has 0 heterocycles. The Morgan fingerprint density at radius 3 is 2.58 bits per heavy atom. The summed E-state index contributed by atoms with van der Waals surface area (Å²) in [7, 11) is 0. The number of hydrogen-bond acceptors (Lipinski definition) is 2. The summed E-state index contributed by atoms with van der Waals surface area (Å²) >= 11 is 0. The van der Waals surface area contributed by atoms with Crippen LogP contribution in [0.1, 0.15) is 52.2 Å². The first-order valence-electron chi connectivity index (χ1n) is 6.95. The Morgan fingerprint density at radius 2 is 2.00 bits per heavy atom. The van der Waals surface area contributed by atoms with E-state index in [1.165, 1.54) is 6.07 Å². The molecule has 0 aromatic heterocycles. The van der Waals surface area contributed by atoms with Gasteiger partial charge in [0.1, 0.15) is 5.82 Å². The largest absolute Gasteiger partial charge is 0.374 e. The van der Waals surface area contributed by atoms with Gasteiger partial charge in [0.05, 0.1) is 12.7 Å². The van der Waals surface area contributed by atoms with Crippen LogP contribution in [0.4, 0.5) is 4.39 Å². The number of ether oxygens (including phenoxy) is 1. The van der Waals surface area contributed by atoms with Gasteiger partial charge in [-0.1, -0.05) is 13.0 Å². The molecule has 1 atom stereocenters. The summed E-state index contributed by atoms with van der Waals surface area (Å²) in [6.07, 6.45) is 1.10. The van der Waals surface area contributed by atoms with Crippen molar-refractivity contribution in [2.24, 2.45) is 0 Å². The molecule has 0 amide bonds. The summed E-state index contributed by atoms with van der Waals surface area (Å²) in [5.74, 6) is -0.192. The number of nitrogens with one attached hydrogen (secondary N) is 1. The van der Waals surface area contributed by atoms with Crippen molar-refractivity contribution in [1.82, 2.24) is 5.32 Å². The molecule has 108 valence electrons. The molecule has 1 unspecified atom stereocenters. The highest BCUT2D eigenvalue weighted by molar-refractivity contribution is 5.24. The van der Waals surface area contributed by atoms with E-state index in [2.05, 4.69) is 33.0 Å². The summed E-state index contributed by atoms with van der Waals surface area (Å²) in [6, 6.07) is 5.23. The summed E-state index contributed by atoms with van der Waals surface area (Å²) in [5.41, 5.74) is 1.77. The Labute approximate surface area is 116 Å². The maximum Gasteiger partial charge on any atom is 0.128 e. The molecule has 0 saturated heterocycles. The lowest BCUT2D eigenvalue weighted by molar-refractivity contribution is 0.0492. The van der Waals surface area contributed by atoms with E-state index in [1.807, 2.05) is 19.1 Å². The van der Waals surface area contributed by atoms with Crippen LogP contribution in [-0.4, -0.2) is 11.6 Å². The van der Waals surface area contributed by atoms with Gasteiger partial charge in [0, 0.05) is 17.6 Å². The van der Waals surface area contributed by atoms with Gasteiger partial charge in [-0.2, -0.15) is 0 Å². The number of benzene rings is 1.